The van der Waals surface area contributed by atoms with Crippen LogP contribution in [0.3, 0.4) is 0 Å². The van der Waals surface area contributed by atoms with E-state index in [9.17, 15) is 9.00 Å². The molecule has 0 radical (unpaired) electrons. The van der Waals surface area contributed by atoms with Crippen molar-refractivity contribution in [2.75, 3.05) is 0 Å². The number of hydrogen-bond acceptors (Lipinski definition) is 2. The molecule has 0 heterocycles. The first-order valence-electron chi connectivity index (χ1n) is 2.32. The Labute approximate surface area is 50.4 Å². The van der Waals surface area contributed by atoms with Gasteiger partial charge in [0.2, 0.25) is 16.2 Å². The van der Waals surface area contributed by atoms with Gasteiger partial charge in [-0.15, -0.1) is 0 Å². The molecule has 8 heavy (non-hydrogen) atoms. The summed E-state index contributed by atoms with van der Waals surface area (Å²) in [5, 5.41) is -0.590. The van der Waals surface area contributed by atoms with Crippen LogP contribution >= 0.6 is 0 Å². The van der Waals surface area contributed by atoms with E-state index in [4.69, 9.17) is 4.55 Å². The van der Waals surface area contributed by atoms with E-state index in [0.29, 0.717) is 6.42 Å². The maximum atomic E-state index is 10.2. The highest BCUT2D eigenvalue weighted by atomic mass is 32.2. The van der Waals surface area contributed by atoms with Crippen LogP contribution < -0.4 is 0 Å². The average Bonchev–Trinajstić information content (AvgIpc) is 1.67. The molecular weight excluding hydrogens is 128 g/mol. The summed E-state index contributed by atoms with van der Waals surface area (Å²) in [6, 6.07) is 0. The number of carbonyl (C=O) groups is 1. The Morgan fingerprint density at radius 1 is 1.75 bits per heavy atom. The van der Waals surface area contributed by atoms with E-state index in [1.807, 2.05) is 0 Å². The maximum Gasteiger partial charge on any atom is 0.246 e. The van der Waals surface area contributed by atoms with Crippen molar-refractivity contribution in [1.29, 1.82) is 0 Å². The van der Waals surface area contributed by atoms with Crippen molar-refractivity contribution < 1.29 is 13.6 Å². The van der Waals surface area contributed by atoms with Crippen molar-refractivity contribution in [1.82, 2.24) is 0 Å². The molecule has 4 heteroatoms. The Morgan fingerprint density at radius 2 is 2.25 bits per heavy atom. The van der Waals surface area contributed by atoms with Crippen LogP contribution in [0.4, 0.5) is 0 Å². The molecule has 3 nitrogen and oxygen atoms in total. The molecule has 0 aliphatic heterocycles. The maximum absolute atomic E-state index is 10.2. The summed E-state index contributed by atoms with van der Waals surface area (Å²) in [5.41, 5.74) is 0. The SMILES string of the molecule is CCCC(=O)S(=O)O. The van der Waals surface area contributed by atoms with Crippen LogP contribution in [0.15, 0.2) is 0 Å². The lowest BCUT2D eigenvalue weighted by molar-refractivity contribution is -0.111. The Hall–Kier alpha value is -0.220. The first-order valence-corrected chi connectivity index (χ1v) is 3.42. The molecule has 1 atom stereocenters. The molecule has 0 spiro atoms. The second-order valence-corrected chi connectivity index (χ2v) is 2.32. The van der Waals surface area contributed by atoms with Crippen molar-refractivity contribution >= 4 is 16.2 Å². The molecule has 0 rings (SSSR count). The smallest absolute Gasteiger partial charge is 0.246 e. The molecule has 0 amide bonds. The van der Waals surface area contributed by atoms with Gasteiger partial charge >= 0.3 is 0 Å². The van der Waals surface area contributed by atoms with Gasteiger partial charge in [-0.1, -0.05) is 6.92 Å². The first-order chi connectivity index (χ1) is 3.68. The molecule has 0 aliphatic carbocycles. The van der Waals surface area contributed by atoms with Gasteiger partial charge < -0.3 is 4.55 Å². The quantitative estimate of drug-likeness (QED) is 0.563. The third kappa shape index (κ3) is 2.87. The van der Waals surface area contributed by atoms with Gasteiger partial charge in [0.25, 0.3) is 0 Å². The van der Waals surface area contributed by atoms with Crippen molar-refractivity contribution in [3.63, 3.8) is 0 Å². The summed E-state index contributed by atoms with van der Waals surface area (Å²) >= 11 is -2.25. The molecule has 0 aromatic rings. The Morgan fingerprint density at radius 3 is 2.38 bits per heavy atom. The minimum Gasteiger partial charge on any atom is -0.300 e. The molecule has 0 aromatic carbocycles. The molecule has 0 bridgehead atoms. The highest BCUT2D eigenvalue weighted by Crippen LogP contribution is 1.90. The third-order valence-corrected chi connectivity index (χ3v) is 1.24. The Balaban J connectivity index is 3.49. The second-order valence-electron chi connectivity index (χ2n) is 1.37. The van der Waals surface area contributed by atoms with Crippen molar-refractivity contribution in [2.45, 2.75) is 19.8 Å². The largest absolute Gasteiger partial charge is 0.300 e. The summed E-state index contributed by atoms with van der Waals surface area (Å²) in [4.78, 5) is 10.2. The van der Waals surface area contributed by atoms with E-state index in [0.717, 1.165) is 0 Å². The van der Waals surface area contributed by atoms with Crippen LogP contribution in [0.2, 0.25) is 0 Å². The fourth-order valence-electron chi connectivity index (χ4n) is 0.291. The summed E-state index contributed by atoms with van der Waals surface area (Å²) in [6.45, 7) is 1.78. The van der Waals surface area contributed by atoms with Crippen LogP contribution in [0.25, 0.3) is 0 Å². The van der Waals surface area contributed by atoms with Crippen molar-refractivity contribution in [3.05, 3.63) is 0 Å². The number of carbonyl (C=O) groups excluding carboxylic acids is 1. The van der Waals surface area contributed by atoms with E-state index < -0.39 is 16.2 Å². The standard InChI is InChI=1S/C4H8O3S/c1-2-3-4(5)8(6)7/h2-3H2,1H3,(H,6,7). The minimum atomic E-state index is -2.25. The summed E-state index contributed by atoms with van der Waals surface area (Å²) < 4.78 is 17.9. The molecule has 1 N–H and O–H groups in total. The molecule has 0 fully saturated rings. The van der Waals surface area contributed by atoms with E-state index in [-0.39, 0.29) is 6.42 Å². The average molecular weight is 136 g/mol. The Bertz CT molecular complexity index is 110. The molecule has 1 unspecified atom stereocenters. The van der Waals surface area contributed by atoms with Crippen LogP contribution in [0, 0.1) is 0 Å². The molecule has 0 aromatic heterocycles. The highest BCUT2D eigenvalue weighted by Gasteiger charge is 2.04. The predicted octanol–water partition coefficient (Wildman–Crippen LogP) is 0.535. The van der Waals surface area contributed by atoms with Gasteiger partial charge in [0.05, 0.1) is 0 Å². The van der Waals surface area contributed by atoms with Crippen LogP contribution in [-0.4, -0.2) is 13.9 Å². The highest BCUT2D eigenvalue weighted by molar-refractivity contribution is 7.95. The lowest BCUT2D eigenvalue weighted by atomic mass is 10.4. The van der Waals surface area contributed by atoms with Gasteiger partial charge in [-0.3, -0.25) is 4.79 Å². The lowest BCUT2D eigenvalue weighted by Gasteiger charge is -1.86. The van der Waals surface area contributed by atoms with E-state index >= 15 is 0 Å². The zero-order valence-corrected chi connectivity index (χ0v) is 5.40. The second kappa shape index (κ2) is 3.74. The fourth-order valence-corrected chi connectivity index (χ4v) is 0.670. The topological polar surface area (TPSA) is 54.4 Å². The van der Waals surface area contributed by atoms with Gasteiger partial charge in [-0.25, -0.2) is 4.21 Å². The van der Waals surface area contributed by atoms with Gasteiger partial charge in [-0.05, 0) is 6.42 Å². The zero-order chi connectivity index (χ0) is 6.57. The molecule has 0 saturated carbocycles. The van der Waals surface area contributed by atoms with Gasteiger partial charge in [0, 0.05) is 6.42 Å². The van der Waals surface area contributed by atoms with E-state index in [1.165, 1.54) is 0 Å². The Kier molecular flexibility index (Phi) is 3.64. The normalized spacial score (nSPS) is 13.2. The monoisotopic (exact) mass is 136 g/mol. The van der Waals surface area contributed by atoms with Crippen molar-refractivity contribution in [2.24, 2.45) is 0 Å². The van der Waals surface area contributed by atoms with Crippen molar-refractivity contribution in [3.8, 4) is 0 Å². The first kappa shape index (κ1) is 7.78. The third-order valence-electron chi connectivity index (χ3n) is 0.649. The number of hydrogen-bond donors (Lipinski definition) is 1. The van der Waals surface area contributed by atoms with Crippen LogP contribution in [0.1, 0.15) is 19.8 Å². The van der Waals surface area contributed by atoms with Gasteiger partial charge in [-0.2, -0.15) is 0 Å². The number of rotatable bonds is 2. The zero-order valence-electron chi connectivity index (χ0n) is 4.59. The molecule has 48 valence electrons. The predicted molar refractivity (Wildman–Crippen MR) is 30.7 cm³/mol. The van der Waals surface area contributed by atoms with E-state index in [1.54, 1.807) is 6.92 Å². The summed E-state index contributed by atoms with van der Waals surface area (Å²) in [5.74, 6) is 0. The van der Waals surface area contributed by atoms with Gasteiger partial charge in [0.1, 0.15) is 0 Å². The van der Waals surface area contributed by atoms with E-state index in [2.05, 4.69) is 0 Å². The van der Waals surface area contributed by atoms with Gasteiger partial charge in [0.15, 0.2) is 0 Å². The molecule has 0 aliphatic rings. The van der Waals surface area contributed by atoms with Crippen LogP contribution in [-0.2, 0) is 15.9 Å². The van der Waals surface area contributed by atoms with Crippen LogP contribution in [0.5, 0.6) is 0 Å². The fraction of sp³-hybridized carbons (Fsp3) is 0.750. The minimum absolute atomic E-state index is 0.198. The molecular formula is C4H8O3S. The molecule has 0 saturated heterocycles. The lowest BCUT2D eigenvalue weighted by Crippen LogP contribution is -2.03. The summed E-state index contributed by atoms with van der Waals surface area (Å²) in [7, 11) is 0. The summed E-state index contributed by atoms with van der Waals surface area (Å²) in [6.07, 6.45) is 0.828.